The number of aromatic nitrogens is 1. The van der Waals surface area contributed by atoms with Crippen molar-refractivity contribution in [2.75, 3.05) is 25.0 Å². The smallest absolute Gasteiger partial charge is 0.0638 e. The summed E-state index contributed by atoms with van der Waals surface area (Å²) in [5.74, 6) is 0.630. The lowest BCUT2D eigenvalue weighted by molar-refractivity contribution is 0.480. The summed E-state index contributed by atoms with van der Waals surface area (Å²) in [5, 5.41) is 7.06. The third-order valence-electron chi connectivity index (χ3n) is 4.76. The summed E-state index contributed by atoms with van der Waals surface area (Å²) in [6.45, 7) is 5.25. The van der Waals surface area contributed by atoms with E-state index in [2.05, 4.69) is 52.9 Å². The number of rotatable bonds is 5. The highest BCUT2D eigenvalue weighted by Crippen LogP contribution is 2.21. The van der Waals surface area contributed by atoms with Crippen LogP contribution in [-0.4, -0.2) is 24.6 Å². The Labute approximate surface area is 165 Å². The molecule has 0 unspecified atom stereocenters. The molecule has 2 aromatic carbocycles. The molecular formula is C24H33N3. The van der Waals surface area contributed by atoms with E-state index in [1.807, 2.05) is 48.7 Å². The summed E-state index contributed by atoms with van der Waals surface area (Å²) in [7, 11) is 0. The van der Waals surface area contributed by atoms with Crippen LogP contribution in [0.2, 0.25) is 0 Å². The maximum atomic E-state index is 4.46. The van der Waals surface area contributed by atoms with E-state index in [9.17, 15) is 0 Å². The fourth-order valence-electron chi connectivity index (χ4n) is 3.18. The molecule has 1 aliphatic heterocycles. The van der Waals surface area contributed by atoms with E-state index in [4.69, 9.17) is 0 Å². The molecule has 0 bridgehead atoms. The molecule has 27 heavy (non-hydrogen) atoms. The molecule has 0 spiro atoms. The average molecular weight is 364 g/mol. The van der Waals surface area contributed by atoms with Gasteiger partial charge in [0.2, 0.25) is 0 Å². The van der Waals surface area contributed by atoms with Crippen LogP contribution >= 0.6 is 0 Å². The second-order valence-corrected chi connectivity index (χ2v) is 7.04. The van der Waals surface area contributed by atoms with Crippen molar-refractivity contribution in [1.29, 1.82) is 0 Å². The first-order chi connectivity index (χ1) is 13.3. The van der Waals surface area contributed by atoms with Gasteiger partial charge in [-0.25, -0.2) is 0 Å². The summed E-state index contributed by atoms with van der Waals surface area (Å²) in [4.78, 5) is 4.46. The predicted molar refractivity (Wildman–Crippen MR) is 118 cm³/mol. The summed E-state index contributed by atoms with van der Waals surface area (Å²) < 4.78 is 0. The van der Waals surface area contributed by atoms with Crippen molar-refractivity contribution in [3.63, 3.8) is 0 Å². The van der Waals surface area contributed by atoms with Crippen LogP contribution in [0.25, 0.3) is 0 Å². The number of aryl methyl sites for hydroxylation is 1. The number of hydrogen-bond acceptors (Lipinski definition) is 3. The Morgan fingerprint density at radius 2 is 1.70 bits per heavy atom. The predicted octanol–water partition coefficient (Wildman–Crippen LogP) is 4.99. The minimum Gasteiger partial charge on any atom is -0.383 e. The van der Waals surface area contributed by atoms with Crippen molar-refractivity contribution in [2.24, 2.45) is 5.92 Å². The molecule has 3 heteroatoms. The number of anilines is 1. The van der Waals surface area contributed by atoms with Gasteiger partial charge in [-0.2, -0.15) is 0 Å². The highest BCUT2D eigenvalue weighted by atomic mass is 14.9. The molecule has 3 nitrogen and oxygen atoms in total. The first-order valence-corrected chi connectivity index (χ1v) is 9.75. The topological polar surface area (TPSA) is 37.0 Å². The van der Waals surface area contributed by atoms with Gasteiger partial charge in [0, 0.05) is 22.1 Å². The standard InChI is InChI=1S/C18H23N3.C6H6.2H2/c1-14-4-6-15(7-5-14)8-10-19-12-16-11-18-17(21-13-16)3-2-9-20-18;1-2-4-6-5-3-1;;/h2-7,9,16,19,21H,8,10-13H2,1H3;1-6H;2*1H/t16-;;;/m0.../s1. The number of pyridine rings is 1. The van der Waals surface area contributed by atoms with Crippen LogP contribution in [0.1, 0.15) is 19.7 Å². The van der Waals surface area contributed by atoms with Crippen molar-refractivity contribution >= 4 is 5.69 Å². The molecule has 2 N–H and O–H groups in total. The van der Waals surface area contributed by atoms with E-state index >= 15 is 0 Å². The number of hydrogen-bond donors (Lipinski definition) is 2. The highest BCUT2D eigenvalue weighted by molar-refractivity contribution is 5.49. The van der Waals surface area contributed by atoms with Crippen LogP contribution in [0.4, 0.5) is 5.69 Å². The molecule has 1 aromatic heterocycles. The molecule has 144 valence electrons. The number of nitrogens with zero attached hydrogens (tertiary/aromatic N) is 1. The molecule has 2 heterocycles. The van der Waals surface area contributed by atoms with Crippen LogP contribution in [-0.2, 0) is 12.8 Å². The Bertz CT molecular complexity index is 768. The fourth-order valence-corrected chi connectivity index (χ4v) is 3.18. The van der Waals surface area contributed by atoms with Gasteiger partial charge < -0.3 is 10.6 Å². The Hall–Kier alpha value is -2.65. The molecule has 4 rings (SSSR count). The van der Waals surface area contributed by atoms with Crippen LogP contribution in [0.3, 0.4) is 0 Å². The van der Waals surface area contributed by atoms with Gasteiger partial charge in [-0.3, -0.25) is 4.98 Å². The van der Waals surface area contributed by atoms with E-state index in [1.54, 1.807) is 0 Å². The molecule has 0 radical (unpaired) electrons. The molecule has 1 aliphatic rings. The van der Waals surface area contributed by atoms with Gasteiger partial charge >= 0.3 is 0 Å². The maximum Gasteiger partial charge on any atom is 0.0638 e. The molecule has 0 saturated carbocycles. The minimum absolute atomic E-state index is 0. The van der Waals surface area contributed by atoms with Gasteiger partial charge in [-0.1, -0.05) is 66.2 Å². The van der Waals surface area contributed by atoms with Gasteiger partial charge in [0.15, 0.2) is 0 Å². The monoisotopic (exact) mass is 363 g/mol. The minimum atomic E-state index is 0. The first kappa shape index (κ1) is 19.1. The van der Waals surface area contributed by atoms with Crippen molar-refractivity contribution in [2.45, 2.75) is 19.8 Å². The molecule has 0 saturated heterocycles. The van der Waals surface area contributed by atoms with Crippen molar-refractivity contribution in [3.8, 4) is 0 Å². The molecular weight excluding hydrogens is 330 g/mol. The maximum absolute atomic E-state index is 4.46. The van der Waals surface area contributed by atoms with Crippen LogP contribution < -0.4 is 10.6 Å². The van der Waals surface area contributed by atoms with E-state index in [1.165, 1.54) is 22.5 Å². The Morgan fingerprint density at radius 1 is 1.00 bits per heavy atom. The van der Waals surface area contributed by atoms with E-state index in [-0.39, 0.29) is 2.85 Å². The molecule has 0 amide bonds. The Morgan fingerprint density at radius 3 is 2.41 bits per heavy atom. The van der Waals surface area contributed by atoms with Gasteiger partial charge in [-0.05, 0) is 49.9 Å². The fraction of sp³-hybridized carbons (Fsp3) is 0.292. The number of fused-ring (bicyclic) bond motifs is 1. The van der Waals surface area contributed by atoms with E-state index in [0.29, 0.717) is 5.92 Å². The van der Waals surface area contributed by atoms with Crippen LogP contribution in [0, 0.1) is 12.8 Å². The third-order valence-corrected chi connectivity index (χ3v) is 4.76. The third kappa shape index (κ3) is 6.54. The zero-order valence-corrected chi connectivity index (χ0v) is 16.1. The van der Waals surface area contributed by atoms with Crippen molar-refractivity contribution in [3.05, 3.63) is 95.8 Å². The van der Waals surface area contributed by atoms with Gasteiger partial charge in [0.05, 0.1) is 11.4 Å². The SMILES string of the molecule is Cc1ccc(CCNC[C@H]2CNc3cccnc3C2)cc1.[HH].[HH].c1ccccc1. The lowest BCUT2D eigenvalue weighted by Crippen LogP contribution is -2.33. The Balaban J connectivity index is 0.000000455. The highest BCUT2D eigenvalue weighted by Gasteiger charge is 2.18. The zero-order valence-electron chi connectivity index (χ0n) is 16.1. The summed E-state index contributed by atoms with van der Waals surface area (Å²) in [6.07, 6.45) is 4.05. The summed E-state index contributed by atoms with van der Waals surface area (Å²) in [6, 6.07) is 24.9. The lowest BCUT2D eigenvalue weighted by Gasteiger charge is -2.25. The normalized spacial score (nSPS) is 15.1. The second-order valence-electron chi connectivity index (χ2n) is 7.04. The van der Waals surface area contributed by atoms with Crippen LogP contribution in [0.5, 0.6) is 0 Å². The zero-order chi connectivity index (χ0) is 18.7. The van der Waals surface area contributed by atoms with Crippen molar-refractivity contribution in [1.82, 2.24) is 10.3 Å². The van der Waals surface area contributed by atoms with Gasteiger partial charge in [0.1, 0.15) is 0 Å². The van der Waals surface area contributed by atoms with Crippen molar-refractivity contribution < 1.29 is 2.85 Å². The van der Waals surface area contributed by atoms with Gasteiger partial charge in [-0.15, -0.1) is 0 Å². The number of benzene rings is 2. The Kier molecular flexibility index (Phi) is 7.43. The first-order valence-electron chi connectivity index (χ1n) is 9.75. The molecule has 1 atom stereocenters. The lowest BCUT2D eigenvalue weighted by atomic mass is 9.98. The van der Waals surface area contributed by atoms with Gasteiger partial charge in [0.25, 0.3) is 0 Å². The van der Waals surface area contributed by atoms with E-state index < -0.39 is 0 Å². The average Bonchev–Trinajstić information content (AvgIpc) is 2.74. The molecule has 0 fully saturated rings. The second kappa shape index (κ2) is 10.5. The number of nitrogens with one attached hydrogen (secondary N) is 2. The summed E-state index contributed by atoms with van der Waals surface area (Å²) in [5.41, 5.74) is 5.13. The molecule has 0 aliphatic carbocycles. The van der Waals surface area contributed by atoms with Crippen LogP contribution in [0.15, 0.2) is 79.0 Å². The largest absolute Gasteiger partial charge is 0.383 e. The summed E-state index contributed by atoms with van der Waals surface area (Å²) >= 11 is 0. The quantitative estimate of drug-likeness (QED) is 0.627. The molecule has 3 aromatic rings. The van der Waals surface area contributed by atoms with E-state index in [0.717, 1.165) is 32.5 Å².